The van der Waals surface area contributed by atoms with Crippen molar-refractivity contribution < 1.29 is 24.2 Å². The zero-order valence-electron chi connectivity index (χ0n) is 12.7. The van der Waals surface area contributed by atoms with Crippen molar-refractivity contribution in [1.82, 2.24) is 9.80 Å². The van der Waals surface area contributed by atoms with Crippen molar-refractivity contribution in [2.75, 3.05) is 33.3 Å². The smallest absolute Gasteiger partial charge is 0.320 e. The first-order valence-corrected chi connectivity index (χ1v) is 7.13. The first-order valence-electron chi connectivity index (χ1n) is 7.13. The van der Waals surface area contributed by atoms with E-state index in [0.29, 0.717) is 26.1 Å². The summed E-state index contributed by atoms with van der Waals surface area (Å²) in [5.41, 5.74) is -0.872. The highest BCUT2D eigenvalue weighted by molar-refractivity contribution is 5.81. The van der Waals surface area contributed by atoms with Gasteiger partial charge in [0.05, 0.1) is 18.4 Å². The van der Waals surface area contributed by atoms with Gasteiger partial charge in [-0.15, -0.1) is 0 Å². The number of hydrogen-bond acceptors (Lipinski definition) is 4. The number of carboxylic acids is 1. The maximum Gasteiger partial charge on any atom is 0.320 e. The molecule has 0 aromatic rings. The number of hydrogen-bond donors (Lipinski definition) is 1. The highest BCUT2D eigenvalue weighted by Crippen LogP contribution is 2.32. The molecule has 3 unspecified atom stereocenters. The van der Waals surface area contributed by atoms with E-state index in [1.165, 1.54) is 7.11 Å². The Kier molecular flexibility index (Phi) is 4.11. The molecule has 7 nitrogen and oxygen atoms in total. The van der Waals surface area contributed by atoms with E-state index in [9.17, 15) is 19.5 Å². The van der Waals surface area contributed by atoms with Gasteiger partial charge in [0, 0.05) is 26.2 Å². The van der Waals surface area contributed by atoms with Crippen LogP contribution in [-0.2, 0) is 14.3 Å². The fourth-order valence-electron chi connectivity index (χ4n) is 3.08. The summed E-state index contributed by atoms with van der Waals surface area (Å²) in [5.74, 6) is -1.42. The number of carbonyl (C=O) groups is 3. The predicted molar refractivity (Wildman–Crippen MR) is 73.6 cm³/mol. The number of nitrogens with zero attached hydrogens (tertiary/aromatic N) is 2. The molecule has 0 spiro atoms. The van der Waals surface area contributed by atoms with Crippen LogP contribution in [0.5, 0.6) is 0 Å². The fourth-order valence-corrected chi connectivity index (χ4v) is 3.08. The van der Waals surface area contributed by atoms with Gasteiger partial charge in [-0.3, -0.25) is 9.59 Å². The number of rotatable bonds is 2. The Bertz CT molecular complexity index is 466. The monoisotopic (exact) mass is 298 g/mol. The molecule has 3 atom stereocenters. The maximum atomic E-state index is 12.5. The molecular weight excluding hydrogens is 276 g/mol. The Morgan fingerprint density at radius 3 is 2.43 bits per heavy atom. The predicted octanol–water partition coefficient (Wildman–Crippen LogP) is 0.644. The van der Waals surface area contributed by atoms with Gasteiger partial charge in [0.25, 0.3) is 0 Å². The summed E-state index contributed by atoms with van der Waals surface area (Å²) in [6.07, 6.45) is 0.456. The zero-order valence-corrected chi connectivity index (χ0v) is 12.7. The molecule has 7 heteroatoms. The van der Waals surface area contributed by atoms with Crippen LogP contribution in [0.15, 0.2) is 0 Å². The van der Waals surface area contributed by atoms with Gasteiger partial charge in [-0.05, 0) is 19.3 Å². The molecule has 2 heterocycles. The fraction of sp³-hybridized carbons (Fsp3) is 0.786. The van der Waals surface area contributed by atoms with Crippen LogP contribution in [-0.4, -0.2) is 66.2 Å². The van der Waals surface area contributed by atoms with E-state index in [4.69, 9.17) is 4.74 Å². The number of ether oxygens (including phenoxy) is 1. The molecule has 0 aliphatic carbocycles. The van der Waals surface area contributed by atoms with Crippen molar-refractivity contribution in [2.45, 2.75) is 20.3 Å². The van der Waals surface area contributed by atoms with Gasteiger partial charge in [-0.1, -0.05) is 6.92 Å². The molecule has 2 aliphatic rings. The number of urea groups is 1. The summed E-state index contributed by atoms with van der Waals surface area (Å²) in [5, 5.41) is 9.21. The standard InChI is InChI=1S/C14H22N2O5/c1-9-6-16(7-10(9)11(17)21-3)13(20)15-5-4-14(2,8-15)12(18)19/h9-10H,4-8H2,1-3H3,(H,18,19). The van der Waals surface area contributed by atoms with Gasteiger partial charge < -0.3 is 19.6 Å². The first kappa shape index (κ1) is 15.6. The van der Waals surface area contributed by atoms with E-state index in [1.54, 1.807) is 16.7 Å². The third-order valence-corrected chi connectivity index (χ3v) is 4.65. The van der Waals surface area contributed by atoms with Crippen molar-refractivity contribution in [3.63, 3.8) is 0 Å². The highest BCUT2D eigenvalue weighted by atomic mass is 16.5. The van der Waals surface area contributed by atoms with Crippen LogP contribution in [0.4, 0.5) is 4.79 Å². The normalized spacial score (nSPS) is 32.3. The number of amides is 2. The van der Waals surface area contributed by atoms with E-state index in [0.717, 1.165) is 0 Å². The lowest BCUT2D eigenvalue weighted by atomic mass is 9.90. The summed E-state index contributed by atoms with van der Waals surface area (Å²) in [6.45, 7) is 5.07. The molecule has 2 saturated heterocycles. The van der Waals surface area contributed by atoms with Gasteiger partial charge in [-0.25, -0.2) is 4.79 Å². The van der Waals surface area contributed by atoms with Crippen LogP contribution in [0, 0.1) is 17.3 Å². The Balaban J connectivity index is 2.00. The minimum atomic E-state index is -0.875. The number of aliphatic carboxylic acids is 1. The Labute approximate surface area is 123 Å². The van der Waals surface area contributed by atoms with E-state index >= 15 is 0 Å². The molecule has 2 amide bonds. The minimum absolute atomic E-state index is 0.0508. The molecule has 21 heavy (non-hydrogen) atoms. The SMILES string of the molecule is COC(=O)C1CN(C(=O)N2CCC(C)(C(=O)O)C2)CC1C. The van der Waals surface area contributed by atoms with Crippen molar-refractivity contribution in [3.05, 3.63) is 0 Å². The Morgan fingerprint density at radius 1 is 1.24 bits per heavy atom. The number of methoxy groups -OCH3 is 1. The van der Waals surface area contributed by atoms with Crippen LogP contribution >= 0.6 is 0 Å². The lowest BCUT2D eigenvalue weighted by molar-refractivity contribution is -0.147. The topological polar surface area (TPSA) is 87.2 Å². The molecule has 1 N–H and O–H groups in total. The Morgan fingerprint density at radius 2 is 1.90 bits per heavy atom. The second-order valence-corrected chi connectivity index (χ2v) is 6.33. The quantitative estimate of drug-likeness (QED) is 0.756. The summed E-state index contributed by atoms with van der Waals surface area (Å²) in [4.78, 5) is 38.5. The molecule has 0 aromatic heterocycles. The zero-order chi connectivity index (χ0) is 15.8. The van der Waals surface area contributed by atoms with Gasteiger partial charge in [0.1, 0.15) is 0 Å². The van der Waals surface area contributed by atoms with Crippen molar-refractivity contribution in [3.8, 4) is 0 Å². The first-order chi connectivity index (χ1) is 9.78. The molecule has 0 radical (unpaired) electrons. The molecule has 2 rings (SSSR count). The molecule has 2 aliphatic heterocycles. The highest BCUT2D eigenvalue weighted by Gasteiger charge is 2.45. The van der Waals surface area contributed by atoms with E-state index in [1.807, 2.05) is 6.92 Å². The molecule has 118 valence electrons. The van der Waals surface area contributed by atoms with Gasteiger partial charge in [-0.2, -0.15) is 0 Å². The van der Waals surface area contributed by atoms with E-state index in [2.05, 4.69) is 0 Å². The molecule has 2 fully saturated rings. The average molecular weight is 298 g/mol. The summed E-state index contributed by atoms with van der Waals surface area (Å²) < 4.78 is 4.75. The van der Waals surface area contributed by atoms with Gasteiger partial charge in [0.2, 0.25) is 0 Å². The van der Waals surface area contributed by atoms with E-state index in [-0.39, 0.29) is 30.4 Å². The van der Waals surface area contributed by atoms with Crippen molar-refractivity contribution >= 4 is 18.0 Å². The molecule has 0 saturated carbocycles. The molecule has 0 aromatic carbocycles. The lowest BCUT2D eigenvalue weighted by Gasteiger charge is -2.25. The summed E-state index contributed by atoms with van der Waals surface area (Å²) >= 11 is 0. The van der Waals surface area contributed by atoms with Crippen molar-refractivity contribution in [1.29, 1.82) is 0 Å². The lowest BCUT2D eigenvalue weighted by Crippen LogP contribution is -2.43. The Hall–Kier alpha value is -1.79. The van der Waals surface area contributed by atoms with Gasteiger partial charge >= 0.3 is 18.0 Å². The second-order valence-electron chi connectivity index (χ2n) is 6.33. The number of likely N-dealkylation sites (tertiary alicyclic amines) is 2. The number of carboxylic acid groups (broad SMARTS) is 1. The maximum absolute atomic E-state index is 12.5. The van der Waals surface area contributed by atoms with Crippen LogP contribution in [0.1, 0.15) is 20.3 Å². The third kappa shape index (κ3) is 2.82. The average Bonchev–Trinajstić information content (AvgIpc) is 3.02. The molecule has 0 bridgehead atoms. The second kappa shape index (κ2) is 5.54. The largest absolute Gasteiger partial charge is 0.481 e. The van der Waals surface area contributed by atoms with Crippen LogP contribution in [0.25, 0.3) is 0 Å². The van der Waals surface area contributed by atoms with Crippen LogP contribution in [0.2, 0.25) is 0 Å². The minimum Gasteiger partial charge on any atom is -0.481 e. The van der Waals surface area contributed by atoms with Gasteiger partial charge in [0.15, 0.2) is 0 Å². The molecular formula is C14H22N2O5. The number of esters is 1. The summed E-state index contributed by atoms with van der Waals surface area (Å²) in [6, 6.07) is -0.182. The van der Waals surface area contributed by atoms with Crippen LogP contribution in [0.3, 0.4) is 0 Å². The van der Waals surface area contributed by atoms with Crippen molar-refractivity contribution in [2.24, 2.45) is 17.3 Å². The third-order valence-electron chi connectivity index (χ3n) is 4.65. The summed E-state index contributed by atoms with van der Waals surface area (Å²) in [7, 11) is 1.35. The van der Waals surface area contributed by atoms with E-state index < -0.39 is 11.4 Å². The number of carbonyl (C=O) groups excluding carboxylic acids is 2. The van der Waals surface area contributed by atoms with Crippen LogP contribution < -0.4 is 0 Å².